The van der Waals surface area contributed by atoms with Gasteiger partial charge in [0.2, 0.25) is 10.0 Å². The number of aryl methyl sites for hydroxylation is 2. The fraction of sp³-hybridized carbons (Fsp3) is 0.476. The smallest absolute Gasteiger partial charge is 0.270 e. The van der Waals surface area contributed by atoms with E-state index in [1.807, 2.05) is 19.9 Å². The minimum atomic E-state index is -3.90. The van der Waals surface area contributed by atoms with E-state index < -0.39 is 14.9 Å². The minimum absolute atomic E-state index is 0.0676. The number of hydrogen-bond acceptors (Lipinski definition) is 5. The highest BCUT2D eigenvalue weighted by Crippen LogP contribution is 2.26. The molecule has 3 rings (SSSR count). The Kier molecular flexibility index (Phi) is 6.24. The molecule has 1 saturated heterocycles. The van der Waals surface area contributed by atoms with Crippen molar-refractivity contribution in [2.75, 3.05) is 26.2 Å². The van der Waals surface area contributed by atoms with Gasteiger partial charge in [0.1, 0.15) is 0 Å². The molecule has 1 aliphatic rings. The van der Waals surface area contributed by atoms with Crippen molar-refractivity contribution >= 4 is 21.6 Å². The van der Waals surface area contributed by atoms with Crippen LogP contribution >= 0.6 is 0 Å². The highest BCUT2D eigenvalue weighted by molar-refractivity contribution is 7.89. The monoisotopic (exact) mass is 448 g/mol. The second kappa shape index (κ2) is 8.43. The average Bonchev–Trinajstić information content (AvgIpc) is 3.01. The zero-order chi connectivity index (χ0) is 23.1. The lowest BCUT2D eigenvalue weighted by Crippen LogP contribution is -2.50. The summed E-state index contributed by atoms with van der Waals surface area (Å²) in [6.45, 7) is 10.4. The van der Waals surface area contributed by atoms with Crippen molar-refractivity contribution in [3.8, 4) is 0 Å². The van der Waals surface area contributed by atoms with Crippen molar-refractivity contribution in [1.29, 1.82) is 0 Å². The van der Waals surface area contributed by atoms with E-state index in [1.165, 1.54) is 16.4 Å². The van der Waals surface area contributed by atoms with Gasteiger partial charge in [-0.25, -0.2) is 8.42 Å². The fourth-order valence-corrected chi connectivity index (χ4v) is 5.88. The van der Waals surface area contributed by atoms with Crippen LogP contribution in [0.1, 0.15) is 47.2 Å². The van der Waals surface area contributed by atoms with Crippen LogP contribution in [0.25, 0.3) is 0 Å². The quantitative estimate of drug-likeness (QED) is 0.516. The molecule has 1 fully saturated rings. The van der Waals surface area contributed by atoms with Gasteiger partial charge >= 0.3 is 0 Å². The predicted molar refractivity (Wildman–Crippen MR) is 117 cm³/mol. The Bertz CT molecular complexity index is 1130. The van der Waals surface area contributed by atoms with Gasteiger partial charge in [0, 0.05) is 55.7 Å². The first-order chi connectivity index (χ1) is 14.4. The molecule has 0 atom stereocenters. The zero-order valence-corrected chi connectivity index (χ0v) is 19.3. The number of rotatable bonds is 5. The highest BCUT2D eigenvalue weighted by Gasteiger charge is 2.33. The van der Waals surface area contributed by atoms with Gasteiger partial charge in [0.25, 0.3) is 11.6 Å². The van der Waals surface area contributed by atoms with Gasteiger partial charge in [-0.1, -0.05) is 6.07 Å². The lowest BCUT2D eigenvalue weighted by atomic mass is 10.2. The molecule has 2 aromatic rings. The van der Waals surface area contributed by atoms with Crippen LogP contribution in [0.5, 0.6) is 0 Å². The molecule has 9 nitrogen and oxygen atoms in total. The maximum atomic E-state index is 13.1. The molecular formula is C21H28N4O5S. The number of amides is 1. The Balaban J connectivity index is 1.78. The molecule has 168 valence electrons. The highest BCUT2D eigenvalue weighted by atomic mass is 32.2. The van der Waals surface area contributed by atoms with Gasteiger partial charge in [-0.05, 0) is 46.2 Å². The molecule has 0 spiro atoms. The van der Waals surface area contributed by atoms with E-state index in [4.69, 9.17) is 0 Å². The summed E-state index contributed by atoms with van der Waals surface area (Å²) in [5, 5.41) is 11.1. The van der Waals surface area contributed by atoms with Crippen LogP contribution in [-0.4, -0.2) is 59.2 Å². The normalized spacial score (nSPS) is 15.5. The molecule has 0 aliphatic carbocycles. The Morgan fingerprint density at radius 1 is 1.06 bits per heavy atom. The number of non-ortho nitro benzene ring substituents is 1. The van der Waals surface area contributed by atoms with Crippen LogP contribution in [0.4, 0.5) is 5.69 Å². The lowest BCUT2D eigenvalue weighted by molar-refractivity contribution is -0.385. The first kappa shape index (κ1) is 23.0. The van der Waals surface area contributed by atoms with E-state index >= 15 is 0 Å². The van der Waals surface area contributed by atoms with Gasteiger partial charge in [-0.15, -0.1) is 0 Å². The maximum absolute atomic E-state index is 13.1. The number of benzene rings is 1. The number of nitro groups is 1. The number of hydrogen-bond donors (Lipinski definition) is 0. The summed E-state index contributed by atoms with van der Waals surface area (Å²) < 4.78 is 29.6. The molecule has 2 heterocycles. The number of carbonyl (C=O) groups is 1. The number of carbonyl (C=O) groups excluding carboxylic acids is 1. The summed E-state index contributed by atoms with van der Waals surface area (Å²) in [6.07, 6.45) is 0. The van der Waals surface area contributed by atoms with Crippen LogP contribution in [-0.2, 0) is 10.0 Å². The summed E-state index contributed by atoms with van der Waals surface area (Å²) in [4.78, 5) is 25.1. The molecule has 0 radical (unpaired) electrons. The van der Waals surface area contributed by atoms with E-state index in [0.29, 0.717) is 11.1 Å². The van der Waals surface area contributed by atoms with Crippen molar-refractivity contribution < 1.29 is 18.1 Å². The average molecular weight is 449 g/mol. The van der Waals surface area contributed by atoms with E-state index in [9.17, 15) is 23.3 Å². The Morgan fingerprint density at radius 3 is 2.19 bits per heavy atom. The van der Waals surface area contributed by atoms with Gasteiger partial charge in [0.05, 0.1) is 15.4 Å². The molecule has 1 aromatic heterocycles. The molecule has 0 saturated carbocycles. The first-order valence-corrected chi connectivity index (χ1v) is 11.6. The number of piperazine rings is 1. The standard InChI is InChI=1S/C21H28N4O5S/c1-14(2)24-16(4)12-19(17(24)5)21(26)22-8-10-23(11-9-22)31(29,30)20-13-18(25(27)28)7-6-15(20)3/h6-7,12-14H,8-11H2,1-5H3. The van der Waals surface area contributed by atoms with Crippen LogP contribution in [0.15, 0.2) is 29.2 Å². The molecule has 31 heavy (non-hydrogen) atoms. The molecule has 1 aromatic carbocycles. The predicted octanol–water partition coefficient (Wildman–Crippen LogP) is 3.05. The molecule has 1 amide bonds. The number of aromatic nitrogens is 1. The summed E-state index contributed by atoms with van der Waals surface area (Å²) >= 11 is 0. The Labute approximate surface area is 182 Å². The van der Waals surface area contributed by atoms with Crippen molar-refractivity contribution in [2.45, 2.75) is 45.6 Å². The van der Waals surface area contributed by atoms with Gasteiger partial charge in [-0.3, -0.25) is 14.9 Å². The van der Waals surface area contributed by atoms with Crippen LogP contribution in [0.2, 0.25) is 0 Å². The van der Waals surface area contributed by atoms with E-state index in [0.717, 1.165) is 17.5 Å². The third kappa shape index (κ3) is 4.22. The third-order valence-corrected chi connectivity index (χ3v) is 7.80. The van der Waals surface area contributed by atoms with Crippen molar-refractivity contribution in [3.05, 3.63) is 56.9 Å². The molecule has 10 heteroatoms. The zero-order valence-electron chi connectivity index (χ0n) is 18.5. The van der Waals surface area contributed by atoms with Gasteiger partial charge in [0.15, 0.2) is 0 Å². The van der Waals surface area contributed by atoms with E-state index in [1.54, 1.807) is 11.8 Å². The second-order valence-corrected chi connectivity index (χ2v) is 10.1. The van der Waals surface area contributed by atoms with Crippen LogP contribution in [0, 0.1) is 30.9 Å². The largest absolute Gasteiger partial charge is 0.346 e. The Hall–Kier alpha value is -2.72. The molecule has 0 bridgehead atoms. The molecule has 0 N–H and O–H groups in total. The number of sulfonamides is 1. The summed E-state index contributed by atoms with van der Waals surface area (Å²) in [6, 6.07) is 5.95. The second-order valence-electron chi connectivity index (χ2n) is 8.15. The van der Waals surface area contributed by atoms with E-state index in [-0.39, 0.29) is 48.7 Å². The molecule has 1 aliphatic heterocycles. The number of nitro benzene ring substituents is 1. The van der Waals surface area contributed by atoms with Gasteiger partial charge in [-0.2, -0.15) is 4.31 Å². The van der Waals surface area contributed by atoms with Crippen LogP contribution in [0.3, 0.4) is 0 Å². The SMILES string of the molecule is Cc1ccc([N+](=O)[O-])cc1S(=O)(=O)N1CCN(C(=O)c2cc(C)n(C(C)C)c2C)CC1. The molecule has 0 unspecified atom stereocenters. The van der Waals surface area contributed by atoms with Crippen molar-refractivity contribution in [3.63, 3.8) is 0 Å². The van der Waals surface area contributed by atoms with Crippen molar-refractivity contribution in [1.82, 2.24) is 13.8 Å². The summed E-state index contributed by atoms with van der Waals surface area (Å²) in [7, 11) is -3.90. The topological polar surface area (TPSA) is 106 Å². The van der Waals surface area contributed by atoms with Crippen LogP contribution < -0.4 is 0 Å². The lowest BCUT2D eigenvalue weighted by Gasteiger charge is -2.34. The van der Waals surface area contributed by atoms with Crippen molar-refractivity contribution in [2.24, 2.45) is 0 Å². The van der Waals surface area contributed by atoms with Gasteiger partial charge < -0.3 is 9.47 Å². The summed E-state index contributed by atoms with van der Waals surface area (Å²) in [5.41, 5.74) is 2.73. The maximum Gasteiger partial charge on any atom is 0.270 e. The molecular weight excluding hydrogens is 420 g/mol. The summed E-state index contributed by atoms with van der Waals surface area (Å²) in [5.74, 6) is -0.108. The van der Waals surface area contributed by atoms with E-state index in [2.05, 4.69) is 18.4 Å². The minimum Gasteiger partial charge on any atom is -0.346 e. The fourth-order valence-electron chi connectivity index (χ4n) is 4.21. The first-order valence-electron chi connectivity index (χ1n) is 10.2. The Morgan fingerprint density at radius 2 is 1.68 bits per heavy atom. The third-order valence-electron chi connectivity index (χ3n) is 5.76. The number of nitrogens with zero attached hydrogens (tertiary/aromatic N) is 4.